The Morgan fingerprint density at radius 1 is 0.929 bits per heavy atom. The van der Waals surface area contributed by atoms with E-state index < -0.39 is 5.97 Å². The molecule has 2 saturated heterocycles. The van der Waals surface area contributed by atoms with Gasteiger partial charge < -0.3 is 40.6 Å². The fraction of sp³-hybridized carbons (Fsp3) is 0.651. The van der Waals surface area contributed by atoms with Crippen molar-refractivity contribution in [1.82, 2.24) is 24.6 Å². The van der Waals surface area contributed by atoms with Crippen LogP contribution in [0.1, 0.15) is 87.4 Å². The van der Waals surface area contributed by atoms with Crippen LogP contribution in [0.15, 0.2) is 36.4 Å². The number of rotatable bonds is 22. The van der Waals surface area contributed by atoms with Crippen molar-refractivity contribution in [2.24, 2.45) is 11.7 Å². The van der Waals surface area contributed by atoms with E-state index in [9.17, 15) is 9.90 Å². The smallest absolute Gasteiger partial charge is 0.304 e. The second kappa shape index (κ2) is 24.1. The van der Waals surface area contributed by atoms with Crippen LogP contribution in [0.2, 0.25) is 0 Å². The lowest BCUT2D eigenvalue weighted by molar-refractivity contribution is -0.137. The number of nitrogens with zero attached hydrogens (tertiary/aromatic N) is 6. The van der Waals surface area contributed by atoms with E-state index in [-0.39, 0.29) is 12.3 Å². The molecule has 2 fully saturated rings. The van der Waals surface area contributed by atoms with Gasteiger partial charge in [0.05, 0.1) is 44.7 Å². The number of methoxy groups -OCH3 is 1. The van der Waals surface area contributed by atoms with Crippen LogP contribution in [0.3, 0.4) is 0 Å². The zero-order valence-electron chi connectivity index (χ0n) is 34.9. The highest BCUT2D eigenvalue weighted by atomic mass is 16.5. The van der Waals surface area contributed by atoms with Gasteiger partial charge >= 0.3 is 5.97 Å². The first-order valence-corrected chi connectivity index (χ1v) is 20.9. The van der Waals surface area contributed by atoms with Crippen molar-refractivity contribution >= 4 is 17.5 Å². The minimum atomic E-state index is -0.778. The molecule has 2 aliphatic rings. The predicted molar refractivity (Wildman–Crippen MR) is 225 cm³/mol. The molecule has 13 heteroatoms. The van der Waals surface area contributed by atoms with Gasteiger partial charge in [0.15, 0.2) is 11.6 Å². The maximum absolute atomic E-state index is 12.3. The molecule has 5 rings (SSSR count). The quantitative estimate of drug-likeness (QED) is 0.107. The van der Waals surface area contributed by atoms with Crippen molar-refractivity contribution in [3.05, 3.63) is 59.0 Å². The van der Waals surface area contributed by atoms with Gasteiger partial charge in [-0.25, -0.2) is 9.67 Å². The van der Waals surface area contributed by atoms with E-state index in [1.807, 2.05) is 23.7 Å². The normalized spacial score (nSPS) is 16.8. The Hall–Kier alpha value is -3.75. The molecule has 312 valence electrons. The number of aliphatic carboxylic acids is 1. The number of piperazine rings is 1. The molecule has 2 aromatic heterocycles. The Balaban J connectivity index is 0.00000107. The van der Waals surface area contributed by atoms with Crippen molar-refractivity contribution in [3.8, 4) is 11.4 Å². The van der Waals surface area contributed by atoms with Crippen LogP contribution in [0, 0.1) is 19.8 Å². The van der Waals surface area contributed by atoms with E-state index in [1.54, 1.807) is 7.11 Å². The molecule has 4 heterocycles. The zero-order chi connectivity index (χ0) is 40.3. The first-order valence-electron chi connectivity index (χ1n) is 20.9. The number of carboxylic acids is 1. The lowest BCUT2D eigenvalue weighted by Gasteiger charge is -2.36. The molecule has 0 bridgehead atoms. The van der Waals surface area contributed by atoms with E-state index in [2.05, 4.69) is 64.7 Å². The SMILES string of the molecule is CCCCCN.CCCOCCOCCN1CCN(c2cc(C(CC(=O)O)CN3CCC(CCc4ccc(OC)c(N)n4)C3)cc(-n3nc(C)cc3C)c2)CC1. The van der Waals surface area contributed by atoms with Crippen molar-refractivity contribution in [1.29, 1.82) is 0 Å². The molecule has 2 aliphatic heterocycles. The molecule has 5 N–H and O–H groups in total. The topological polar surface area (TPSA) is 157 Å². The van der Waals surface area contributed by atoms with Crippen molar-refractivity contribution < 1.29 is 24.1 Å². The lowest BCUT2D eigenvalue weighted by atomic mass is 9.93. The minimum absolute atomic E-state index is 0.0769. The highest BCUT2D eigenvalue weighted by molar-refractivity contribution is 5.68. The molecule has 0 amide bonds. The Morgan fingerprint density at radius 2 is 1.68 bits per heavy atom. The second-order valence-electron chi connectivity index (χ2n) is 15.3. The third-order valence-corrected chi connectivity index (χ3v) is 10.7. The van der Waals surface area contributed by atoms with E-state index >= 15 is 0 Å². The molecular formula is C43H70N8O5. The Morgan fingerprint density at radius 3 is 2.30 bits per heavy atom. The number of aromatic nitrogens is 3. The summed E-state index contributed by atoms with van der Waals surface area (Å²) < 4.78 is 18.6. The van der Waals surface area contributed by atoms with E-state index in [4.69, 9.17) is 30.8 Å². The van der Waals surface area contributed by atoms with Crippen LogP contribution in [-0.2, 0) is 20.7 Å². The summed E-state index contributed by atoms with van der Waals surface area (Å²) in [6.45, 7) is 19.2. The van der Waals surface area contributed by atoms with Crippen LogP contribution in [-0.4, -0.2) is 128 Å². The largest absolute Gasteiger partial charge is 0.493 e. The third kappa shape index (κ3) is 14.6. The van der Waals surface area contributed by atoms with Gasteiger partial charge in [0, 0.05) is 75.4 Å². The number of aryl methyl sites for hydroxylation is 3. The number of hydrogen-bond donors (Lipinski definition) is 3. The summed E-state index contributed by atoms with van der Waals surface area (Å²) in [7, 11) is 1.60. The third-order valence-electron chi connectivity index (χ3n) is 10.7. The van der Waals surface area contributed by atoms with E-state index in [0.29, 0.717) is 43.9 Å². The van der Waals surface area contributed by atoms with Gasteiger partial charge in [0.1, 0.15) is 0 Å². The first kappa shape index (κ1) is 45.0. The highest BCUT2D eigenvalue weighted by Crippen LogP contribution is 2.32. The fourth-order valence-corrected chi connectivity index (χ4v) is 7.63. The van der Waals surface area contributed by atoms with Gasteiger partial charge in [0.25, 0.3) is 0 Å². The molecule has 56 heavy (non-hydrogen) atoms. The Kier molecular flexibility index (Phi) is 19.4. The van der Waals surface area contributed by atoms with Crippen molar-refractivity contribution in [3.63, 3.8) is 0 Å². The molecule has 1 aromatic carbocycles. The average molecular weight is 779 g/mol. The maximum atomic E-state index is 12.3. The number of unbranched alkanes of at least 4 members (excludes halogenated alkanes) is 2. The Labute approximate surface area is 335 Å². The van der Waals surface area contributed by atoms with Gasteiger partial charge in [0.2, 0.25) is 0 Å². The number of benzene rings is 1. The zero-order valence-corrected chi connectivity index (χ0v) is 34.9. The van der Waals surface area contributed by atoms with Crippen molar-refractivity contribution in [2.45, 2.75) is 85.0 Å². The van der Waals surface area contributed by atoms with Gasteiger partial charge in [-0.05, 0) is 107 Å². The van der Waals surface area contributed by atoms with Crippen LogP contribution in [0.25, 0.3) is 5.69 Å². The predicted octanol–water partition coefficient (Wildman–Crippen LogP) is 5.69. The molecule has 0 radical (unpaired) electrons. The lowest BCUT2D eigenvalue weighted by Crippen LogP contribution is -2.47. The van der Waals surface area contributed by atoms with Crippen molar-refractivity contribution in [2.75, 3.05) is 103 Å². The highest BCUT2D eigenvalue weighted by Gasteiger charge is 2.28. The number of ether oxygens (including phenoxy) is 3. The van der Waals surface area contributed by atoms with Crippen LogP contribution in [0.5, 0.6) is 5.75 Å². The van der Waals surface area contributed by atoms with Gasteiger partial charge in [-0.15, -0.1) is 0 Å². The fourth-order valence-electron chi connectivity index (χ4n) is 7.63. The first-order chi connectivity index (χ1) is 27.1. The summed E-state index contributed by atoms with van der Waals surface area (Å²) in [4.78, 5) is 24.1. The summed E-state index contributed by atoms with van der Waals surface area (Å²) in [6, 6.07) is 12.5. The number of nitrogen functional groups attached to an aromatic ring is 1. The summed E-state index contributed by atoms with van der Waals surface area (Å²) >= 11 is 0. The van der Waals surface area contributed by atoms with E-state index in [1.165, 1.54) is 19.3 Å². The second-order valence-corrected chi connectivity index (χ2v) is 15.3. The van der Waals surface area contributed by atoms with Gasteiger partial charge in [-0.3, -0.25) is 9.69 Å². The summed E-state index contributed by atoms with van der Waals surface area (Å²) in [5, 5.41) is 14.9. The summed E-state index contributed by atoms with van der Waals surface area (Å²) in [5.41, 5.74) is 17.4. The molecule has 13 nitrogen and oxygen atoms in total. The standard InChI is InChI=1S/C38H57N7O5.C5H13N/c1-5-17-49-19-20-50-18-16-42-12-14-44(15-13-42)34-22-31(23-35(25-34)45-29(3)21-28(2)41-45)32(24-37(46)47)27-43-11-10-30(26-43)6-7-33-8-9-36(48-4)38(39)40-33;1-2-3-4-5-6/h8-9,21-23,25,30,32H,5-7,10-20,24,26-27H2,1-4H3,(H2,39,40)(H,46,47);2-6H2,1H3. The number of pyridine rings is 1. The number of carbonyl (C=O) groups is 1. The minimum Gasteiger partial charge on any atom is -0.493 e. The number of nitrogens with two attached hydrogens (primary N) is 2. The number of carboxylic acid groups (broad SMARTS) is 1. The van der Waals surface area contributed by atoms with Crippen LogP contribution in [0.4, 0.5) is 11.5 Å². The molecule has 0 aliphatic carbocycles. The van der Waals surface area contributed by atoms with Crippen LogP contribution >= 0.6 is 0 Å². The monoisotopic (exact) mass is 779 g/mol. The molecule has 0 spiro atoms. The number of hydrogen-bond acceptors (Lipinski definition) is 11. The molecular weight excluding hydrogens is 709 g/mol. The number of likely N-dealkylation sites (tertiary alicyclic amines) is 1. The Bertz CT molecular complexity index is 1590. The van der Waals surface area contributed by atoms with Crippen LogP contribution < -0.4 is 21.1 Å². The molecule has 2 atom stereocenters. The molecule has 0 saturated carbocycles. The van der Waals surface area contributed by atoms with Gasteiger partial charge in [-0.2, -0.15) is 5.10 Å². The molecule has 2 unspecified atom stereocenters. The van der Waals surface area contributed by atoms with E-state index in [0.717, 1.165) is 119 Å². The molecule has 3 aromatic rings. The average Bonchev–Trinajstić information content (AvgIpc) is 3.79. The summed E-state index contributed by atoms with van der Waals surface area (Å²) in [6.07, 6.45) is 7.81. The maximum Gasteiger partial charge on any atom is 0.304 e. The summed E-state index contributed by atoms with van der Waals surface area (Å²) in [5.74, 6) is 0.623. The number of anilines is 2. The van der Waals surface area contributed by atoms with Gasteiger partial charge in [-0.1, -0.05) is 26.7 Å².